The van der Waals surface area contributed by atoms with Crippen molar-refractivity contribution in [1.29, 1.82) is 0 Å². The highest BCUT2D eigenvalue weighted by atomic mass is 35.5. The van der Waals surface area contributed by atoms with Crippen molar-refractivity contribution in [1.82, 2.24) is 4.57 Å². The van der Waals surface area contributed by atoms with Gasteiger partial charge in [-0.3, -0.25) is 4.55 Å². The summed E-state index contributed by atoms with van der Waals surface area (Å²) in [6.07, 6.45) is 2.69. The van der Waals surface area contributed by atoms with Crippen LogP contribution in [0.4, 0.5) is 24.5 Å². The maximum absolute atomic E-state index is 14.2. The van der Waals surface area contributed by atoms with Gasteiger partial charge in [-0.25, -0.2) is 18.7 Å². The van der Waals surface area contributed by atoms with Crippen LogP contribution in [-0.2, 0) is 39.1 Å². The van der Waals surface area contributed by atoms with Gasteiger partial charge in [-0.2, -0.15) is 21.6 Å². The number of methoxy groups -OCH3 is 2. The fraction of sp³-hybridized carbons (Fsp3) is 0.308. The molecule has 0 atom stereocenters. The summed E-state index contributed by atoms with van der Waals surface area (Å²) < 4.78 is 87.8. The van der Waals surface area contributed by atoms with Crippen molar-refractivity contribution in [2.24, 2.45) is 0 Å². The number of aromatic nitrogens is 2. The van der Waals surface area contributed by atoms with Crippen LogP contribution in [0.2, 0.25) is 10.0 Å². The lowest BCUT2D eigenvalue weighted by molar-refractivity contribution is -0.698. The largest absolute Gasteiger partial charge is 0.465 e. The Bertz CT molecular complexity index is 2340. The molecule has 4 aromatic rings. The normalized spacial score (nSPS) is 14.3. The third-order valence-electron chi connectivity index (χ3n) is 9.11. The van der Waals surface area contributed by atoms with E-state index in [1.165, 1.54) is 19.2 Å². The van der Waals surface area contributed by atoms with Gasteiger partial charge in [0.25, 0.3) is 15.9 Å². The van der Waals surface area contributed by atoms with E-state index in [9.17, 15) is 35.7 Å². The Morgan fingerprint density at radius 3 is 2.12 bits per heavy atom. The summed E-state index contributed by atoms with van der Waals surface area (Å²) in [5.74, 6) is -1.17. The van der Waals surface area contributed by atoms with E-state index in [1.807, 2.05) is 53.1 Å². The number of anilines is 2. The molecule has 0 saturated carbocycles. The fourth-order valence-electron chi connectivity index (χ4n) is 6.66. The summed E-state index contributed by atoms with van der Waals surface area (Å²) in [6.45, 7) is 3.17. The van der Waals surface area contributed by atoms with E-state index < -0.39 is 40.5 Å². The van der Waals surface area contributed by atoms with E-state index in [1.54, 1.807) is 41.9 Å². The molecule has 11 nitrogen and oxygen atoms in total. The number of rotatable bonds is 14. The Kier molecular flexibility index (Phi) is 13.3. The van der Waals surface area contributed by atoms with Crippen molar-refractivity contribution in [2.45, 2.75) is 46.0 Å². The summed E-state index contributed by atoms with van der Waals surface area (Å²) >= 11 is 12.9. The molecule has 0 radical (unpaired) electrons. The summed E-state index contributed by atoms with van der Waals surface area (Å²) in [5.41, 5.74) is 3.34. The number of carbonyl (C=O) groups excluding carboxylic acids is 2. The number of fused-ring (bicyclic) bond motifs is 2. The monoisotopic (exact) mass is 835 g/mol. The second-order valence-electron chi connectivity index (χ2n) is 12.7. The van der Waals surface area contributed by atoms with Crippen molar-refractivity contribution in [3.05, 3.63) is 117 Å². The second kappa shape index (κ2) is 17.5. The molecule has 0 bridgehead atoms. The van der Waals surface area contributed by atoms with Crippen LogP contribution in [0.25, 0.3) is 17.1 Å². The highest BCUT2D eigenvalue weighted by Crippen LogP contribution is 2.44. The van der Waals surface area contributed by atoms with Gasteiger partial charge >= 0.3 is 18.1 Å². The predicted molar refractivity (Wildman–Crippen MR) is 210 cm³/mol. The van der Waals surface area contributed by atoms with Gasteiger partial charge in [-0.15, -0.1) is 0 Å². The van der Waals surface area contributed by atoms with Crippen LogP contribution >= 0.6 is 23.2 Å². The Morgan fingerprint density at radius 2 is 1.54 bits per heavy atom. The van der Waals surface area contributed by atoms with Gasteiger partial charge in [-0.1, -0.05) is 65.7 Å². The number of aryl methyl sites for hydroxylation is 1. The minimum atomic E-state index is -4.62. The Hall–Kier alpha value is -4.83. The molecule has 1 aliphatic rings. The molecule has 1 N–H and O–H groups in total. The van der Waals surface area contributed by atoms with Crippen LogP contribution in [0, 0.1) is 0 Å². The number of alkyl halides is 3. The molecule has 0 spiro atoms. The number of hydrogen-bond acceptors (Lipinski definition) is 8. The predicted octanol–water partition coefficient (Wildman–Crippen LogP) is 8.04. The average Bonchev–Trinajstić information content (AvgIpc) is 3.58. The summed E-state index contributed by atoms with van der Waals surface area (Å²) in [7, 11) is -1.89. The van der Waals surface area contributed by atoms with Crippen LogP contribution < -0.4 is 14.4 Å². The fourth-order valence-corrected chi connectivity index (χ4v) is 7.63. The van der Waals surface area contributed by atoms with Gasteiger partial charge in [0.2, 0.25) is 0 Å². The van der Waals surface area contributed by atoms with E-state index in [2.05, 4.69) is 0 Å². The lowest BCUT2D eigenvalue weighted by Gasteiger charge is -2.24. The molecule has 0 unspecified atom stereocenters. The number of allylic oxidation sites excluding steroid dienone is 4. The number of nitrogens with zero attached hydrogens (tertiary/aromatic N) is 4. The first-order valence-corrected chi connectivity index (χ1v) is 19.8. The van der Waals surface area contributed by atoms with Gasteiger partial charge in [0.1, 0.15) is 5.82 Å². The van der Waals surface area contributed by atoms with Crippen molar-refractivity contribution in [3.8, 4) is 0 Å². The number of halogens is 5. The second-order valence-corrected chi connectivity index (χ2v) is 15.1. The average molecular weight is 837 g/mol. The van der Waals surface area contributed by atoms with Crippen LogP contribution in [0.1, 0.15) is 52.4 Å². The van der Waals surface area contributed by atoms with Crippen molar-refractivity contribution in [3.63, 3.8) is 0 Å². The van der Waals surface area contributed by atoms with Crippen LogP contribution in [0.15, 0.2) is 84.2 Å². The highest BCUT2D eigenvalue weighted by Gasteiger charge is 2.37. The summed E-state index contributed by atoms with van der Waals surface area (Å²) in [5, 5.41) is 0.177. The molecule has 2 heterocycles. The van der Waals surface area contributed by atoms with Crippen LogP contribution in [0.3, 0.4) is 0 Å². The zero-order valence-electron chi connectivity index (χ0n) is 30.9. The minimum absolute atomic E-state index is 0.0294. The first-order valence-electron chi connectivity index (χ1n) is 17.5. The first kappa shape index (κ1) is 42.3. The van der Waals surface area contributed by atoms with Gasteiger partial charge in [0, 0.05) is 31.3 Å². The number of ether oxygens (including phenoxy) is 2. The molecule has 0 saturated heterocycles. The third-order valence-corrected chi connectivity index (χ3v) is 10.5. The highest BCUT2D eigenvalue weighted by molar-refractivity contribution is 7.85. The van der Waals surface area contributed by atoms with Crippen molar-refractivity contribution < 1.29 is 49.8 Å². The molecule has 56 heavy (non-hydrogen) atoms. The number of imidazole rings is 1. The maximum Gasteiger partial charge on any atom is 0.426 e. The van der Waals surface area contributed by atoms with E-state index in [0.717, 1.165) is 17.2 Å². The Balaban J connectivity index is 1.69. The van der Waals surface area contributed by atoms with Crippen molar-refractivity contribution >= 4 is 73.7 Å². The zero-order chi connectivity index (χ0) is 40.9. The lowest BCUT2D eigenvalue weighted by Crippen LogP contribution is -2.43. The summed E-state index contributed by atoms with van der Waals surface area (Å²) in [4.78, 5) is 28.8. The molecule has 1 aromatic heterocycles. The summed E-state index contributed by atoms with van der Waals surface area (Å²) in [6, 6.07) is 15.4. The Labute approximate surface area is 332 Å². The molecular formula is C39H40Cl2F3N4O7S+. The topological polar surface area (TPSA) is 122 Å². The standard InChI is InChI=1S/C39H39Cl2F3N4O7S/c1-5-45-33-22-29(40)27(37(49)54-3)20-31(33)47(17-10-18-56(51,52)53)35(45)15-13-26(19-25-11-8-7-9-12-25)14-16-36-46(6-2)34-23-30(41)28(38(50)55-4)21-32(34)48(36)24-39(42,43)44/h7-9,11-16,20-23H,5-6,10,17-19,24H2,1-4H3/p+1. The molecule has 0 fully saturated rings. The zero-order valence-corrected chi connectivity index (χ0v) is 33.3. The van der Waals surface area contributed by atoms with Gasteiger partial charge in [-0.05, 0) is 56.0 Å². The third kappa shape index (κ3) is 9.57. The van der Waals surface area contributed by atoms with Crippen LogP contribution in [0.5, 0.6) is 0 Å². The molecule has 1 aliphatic heterocycles. The first-order chi connectivity index (χ1) is 26.5. The molecule has 298 valence electrons. The van der Waals surface area contributed by atoms with E-state index >= 15 is 0 Å². The van der Waals surface area contributed by atoms with Gasteiger partial charge < -0.3 is 19.3 Å². The SMILES string of the molecule is CCN1\C(=C/C=C(/C=C/c2n(CC)c3cc(Cl)c(C(=O)OC)cc3[n+]2CC(F)(F)F)Cc2ccccc2)N(CCCS(=O)(=O)O)c2cc(C(=O)OC)c(Cl)cc21. The van der Waals surface area contributed by atoms with Gasteiger partial charge in [0.15, 0.2) is 17.6 Å². The maximum atomic E-state index is 14.2. The molecule has 0 aliphatic carbocycles. The smallest absolute Gasteiger partial charge is 0.426 e. The van der Waals surface area contributed by atoms with E-state index in [-0.39, 0.29) is 52.0 Å². The molecule has 3 aromatic carbocycles. The number of benzene rings is 3. The van der Waals surface area contributed by atoms with Gasteiger partial charge in [0.05, 0.1) is 59.1 Å². The number of carbonyl (C=O) groups is 2. The Morgan fingerprint density at radius 1 is 0.911 bits per heavy atom. The van der Waals surface area contributed by atoms with E-state index in [0.29, 0.717) is 41.3 Å². The van der Waals surface area contributed by atoms with E-state index in [4.69, 9.17) is 32.7 Å². The number of hydrogen-bond donors (Lipinski definition) is 1. The molecule has 17 heteroatoms. The minimum Gasteiger partial charge on any atom is -0.465 e. The number of esters is 2. The molecule has 5 rings (SSSR count). The lowest BCUT2D eigenvalue weighted by atomic mass is 10.0. The van der Waals surface area contributed by atoms with Crippen LogP contribution in [-0.4, -0.2) is 68.7 Å². The molecular weight excluding hydrogens is 796 g/mol. The quantitative estimate of drug-likeness (QED) is 0.0582. The van der Waals surface area contributed by atoms with Crippen molar-refractivity contribution in [2.75, 3.05) is 42.9 Å². The molecule has 0 amide bonds.